The van der Waals surface area contributed by atoms with Crippen molar-refractivity contribution in [2.75, 3.05) is 13.1 Å². The van der Waals surface area contributed by atoms with E-state index in [0.29, 0.717) is 0 Å². The van der Waals surface area contributed by atoms with Crippen LogP contribution in [0.25, 0.3) is 0 Å². The maximum absolute atomic E-state index is 12.9. The highest BCUT2D eigenvalue weighted by Crippen LogP contribution is 2.28. The lowest BCUT2D eigenvalue weighted by Gasteiger charge is -2.37. The number of carbonyl (C=O) groups is 2. The van der Waals surface area contributed by atoms with Crippen molar-refractivity contribution in [3.8, 4) is 0 Å². The molecule has 8 heteroatoms. The molecule has 0 radical (unpaired) electrons. The highest BCUT2D eigenvalue weighted by atomic mass is 19.4. The van der Waals surface area contributed by atoms with Crippen LogP contribution in [0.5, 0.6) is 0 Å². The van der Waals surface area contributed by atoms with Gasteiger partial charge in [-0.15, -0.1) is 0 Å². The highest BCUT2D eigenvalue weighted by molar-refractivity contribution is 5.94. The van der Waals surface area contributed by atoms with Gasteiger partial charge in [-0.2, -0.15) is 13.2 Å². The van der Waals surface area contributed by atoms with Crippen molar-refractivity contribution in [1.82, 2.24) is 10.2 Å². The lowest BCUT2D eigenvalue weighted by atomic mass is 10.1. The monoisotopic (exact) mass is 356 g/mol. The average Bonchev–Trinajstić information content (AvgIpc) is 2.58. The molecule has 0 spiro atoms. The molecule has 1 N–H and O–H groups in total. The molecule has 0 saturated carbocycles. The van der Waals surface area contributed by atoms with Crippen molar-refractivity contribution >= 4 is 11.8 Å². The van der Waals surface area contributed by atoms with Gasteiger partial charge in [-0.05, 0) is 30.7 Å². The SMILES string of the molecule is C=CC(=O)NCc1ccc(C(=O)N2CC(C)OC(C(F)(F)F)C2)cc1. The number of nitrogens with one attached hydrogen (secondary N) is 1. The second kappa shape index (κ2) is 7.69. The molecule has 1 fully saturated rings. The Balaban J connectivity index is 2.04. The minimum absolute atomic E-state index is 0.0998. The molecule has 0 aliphatic carbocycles. The largest absolute Gasteiger partial charge is 0.416 e. The highest BCUT2D eigenvalue weighted by Gasteiger charge is 2.46. The zero-order chi connectivity index (χ0) is 18.6. The van der Waals surface area contributed by atoms with Crippen LogP contribution in [-0.2, 0) is 16.1 Å². The normalized spacial score (nSPS) is 20.9. The molecule has 1 heterocycles. The second-order valence-corrected chi connectivity index (χ2v) is 5.81. The predicted molar refractivity (Wildman–Crippen MR) is 84.8 cm³/mol. The van der Waals surface area contributed by atoms with Crippen LogP contribution >= 0.6 is 0 Å². The number of nitrogens with zero attached hydrogens (tertiary/aromatic N) is 1. The van der Waals surface area contributed by atoms with Crippen LogP contribution in [0.3, 0.4) is 0 Å². The van der Waals surface area contributed by atoms with Gasteiger partial charge in [0.15, 0.2) is 6.10 Å². The summed E-state index contributed by atoms with van der Waals surface area (Å²) in [7, 11) is 0. The molecular formula is C17H19F3N2O3. The molecule has 136 valence electrons. The molecule has 1 aromatic carbocycles. The zero-order valence-electron chi connectivity index (χ0n) is 13.7. The van der Waals surface area contributed by atoms with Gasteiger partial charge in [0.05, 0.1) is 12.6 Å². The van der Waals surface area contributed by atoms with Crippen LogP contribution in [0.15, 0.2) is 36.9 Å². The van der Waals surface area contributed by atoms with E-state index < -0.39 is 30.8 Å². The first-order valence-electron chi connectivity index (χ1n) is 7.71. The number of ether oxygens (including phenoxy) is 1. The topological polar surface area (TPSA) is 58.6 Å². The summed E-state index contributed by atoms with van der Waals surface area (Å²) in [5.41, 5.74) is 1.05. The standard InChI is InChI=1S/C17H19F3N2O3/c1-3-15(23)21-8-12-4-6-13(7-5-12)16(24)22-9-11(2)25-14(10-22)17(18,19)20/h3-7,11,14H,1,8-10H2,2H3,(H,21,23). The molecular weight excluding hydrogens is 337 g/mol. The number of hydrogen-bond acceptors (Lipinski definition) is 3. The molecule has 1 aliphatic heterocycles. The van der Waals surface area contributed by atoms with Crippen molar-refractivity contribution < 1.29 is 27.5 Å². The molecule has 2 rings (SSSR count). The second-order valence-electron chi connectivity index (χ2n) is 5.81. The fourth-order valence-electron chi connectivity index (χ4n) is 2.51. The van der Waals surface area contributed by atoms with E-state index in [0.717, 1.165) is 16.5 Å². The molecule has 1 aliphatic rings. The van der Waals surface area contributed by atoms with Crippen LogP contribution in [0.2, 0.25) is 0 Å². The van der Waals surface area contributed by atoms with Crippen molar-refractivity contribution in [2.24, 2.45) is 0 Å². The first-order valence-corrected chi connectivity index (χ1v) is 7.71. The lowest BCUT2D eigenvalue weighted by molar-refractivity contribution is -0.247. The average molecular weight is 356 g/mol. The summed E-state index contributed by atoms with van der Waals surface area (Å²) in [5.74, 6) is -0.799. The number of halogens is 3. The summed E-state index contributed by atoms with van der Waals surface area (Å²) in [5, 5.41) is 2.60. The van der Waals surface area contributed by atoms with Gasteiger partial charge in [0.2, 0.25) is 5.91 Å². The molecule has 1 aromatic rings. The zero-order valence-corrected chi connectivity index (χ0v) is 13.7. The maximum atomic E-state index is 12.9. The molecule has 1 saturated heterocycles. The Morgan fingerprint density at radius 3 is 2.52 bits per heavy atom. The molecule has 0 aromatic heterocycles. The van der Waals surface area contributed by atoms with Gasteiger partial charge < -0.3 is 15.0 Å². The Labute approximate surface area is 143 Å². The summed E-state index contributed by atoms with van der Waals surface area (Å²) in [6, 6.07) is 6.34. The van der Waals surface area contributed by atoms with E-state index in [9.17, 15) is 22.8 Å². The van der Waals surface area contributed by atoms with Gasteiger partial charge in [-0.3, -0.25) is 9.59 Å². The van der Waals surface area contributed by atoms with Gasteiger partial charge in [0.1, 0.15) is 0 Å². The van der Waals surface area contributed by atoms with Crippen LogP contribution in [-0.4, -0.2) is 48.2 Å². The van der Waals surface area contributed by atoms with E-state index in [1.807, 2.05) is 0 Å². The maximum Gasteiger partial charge on any atom is 0.416 e. The van der Waals surface area contributed by atoms with Gasteiger partial charge >= 0.3 is 6.18 Å². The lowest BCUT2D eigenvalue weighted by Crippen LogP contribution is -2.54. The first-order chi connectivity index (χ1) is 11.7. The third kappa shape index (κ3) is 5.06. The van der Waals surface area contributed by atoms with E-state index >= 15 is 0 Å². The van der Waals surface area contributed by atoms with Crippen molar-refractivity contribution in [3.05, 3.63) is 48.0 Å². The summed E-state index contributed by atoms with van der Waals surface area (Å²) >= 11 is 0. The van der Waals surface area contributed by atoms with Gasteiger partial charge in [0, 0.05) is 18.7 Å². The van der Waals surface area contributed by atoms with E-state index in [-0.39, 0.29) is 24.6 Å². The van der Waals surface area contributed by atoms with E-state index in [1.165, 1.54) is 19.1 Å². The number of rotatable bonds is 4. The third-order valence-corrected chi connectivity index (χ3v) is 3.77. The molecule has 5 nitrogen and oxygen atoms in total. The van der Waals surface area contributed by atoms with Crippen molar-refractivity contribution in [3.63, 3.8) is 0 Å². The first kappa shape index (κ1) is 19.0. The molecule has 2 atom stereocenters. The minimum atomic E-state index is -4.51. The summed E-state index contributed by atoms with van der Waals surface area (Å²) in [4.78, 5) is 24.7. The number of hydrogen-bond donors (Lipinski definition) is 1. The van der Waals surface area contributed by atoms with Crippen molar-refractivity contribution in [2.45, 2.75) is 31.9 Å². The van der Waals surface area contributed by atoms with Gasteiger partial charge in [0.25, 0.3) is 5.91 Å². The van der Waals surface area contributed by atoms with Crippen LogP contribution in [0.4, 0.5) is 13.2 Å². The van der Waals surface area contributed by atoms with E-state index in [2.05, 4.69) is 11.9 Å². The summed E-state index contributed by atoms with van der Waals surface area (Å²) in [6.07, 6.45) is -6.04. The third-order valence-electron chi connectivity index (χ3n) is 3.77. The number of benzene rings is 1. The summed E-state index contributed by atoms with van der Waals surface area (Å²) < 4.78 is 43.5. The minimum Gasteiger partial charge on any atom is -0.362 e. The molecule has 0 bridgehead atoms. The fraction of sp³-hybridized carbons (Fsp3) is 0.412. The Bertz CT molecular complexity index is 644. The van der Waals surface area contributed by atoms with Crippen LogP contribution < -0.4 is 5.32 Å². The van der Waals surface area contributed by atoms with Crippen LogP contribution in [0, 0.1) is 0 Å². The Hall–Kier alpha value is -2.35. The van der Waals surface area contributed by atoms with Crippen molar-refractivity contribution in [1.29, 1.82) is 0 Å². The number of amides is 2. The fourth-order valence-corrected chi connectivity index (χ4v) is 2.51. The summed E-state index contributed by atoms with van der Waals surface area (Å²) in [6.45, 7) is 4.69. The molecule has 2 unspecified atom stereocenters. The number of alkyl halides is 3. The molecule has 25 heavy (non-hydrogen) atoms. The number of carbonyl (C=O) groups excluding carboxylic acids is 2. The van der Waals surface area contributed by atoms with Crippen LogP contribution in [0.1, 0.15) is 22.8 Å². The van der Waals surface area contributed by atoms with Gasteiger partial charge in [-0.1, -0.05) is 18.7 Å². The smallest absolute Gasteiger partial charge is 0.362 e. The van der Waals surface area contributed by atoms with Gasteiger partial charge in [-0.25, -0.2) is 0 Å². The quantitative estimate of drug-likeness (QED) is 0.842. The number of morpholine rings is 1. The van der Waals surface area contributed by atoms with E-state index in [4.69, 9.17) is 4.74 Å². The molecule has 2 amide bonds. The van der Waals surface area contributed by atoms with E-state index in [1.54, 1.807) is 12.1 Å². The predicted octanol–water partition coefficient (Wildman–Crippen LogP) is 2.28. The Morgan fingerprint density at radius 2 is 1.96 bits per heavy atom. The Kier molecular flexibility index (Phi) is 5.84. The Morgan fingerprint density at radius 1 is 1.32 bits per heavy atom.